The Morgan fingerprint density at radius 2 is 2.00 bits per heavy atom. The van der Waals surface area contributed by atoms with Crippen molar-refractivity contribution in [1.82, 2.24) is 4.90 Å². The molecule has 1 aliphatic heterocycles. The molecule has 0 radical (unpaired) electrons. The van der Waals surface area contributed by atoms with Crippen LogP contribution < -0.4 is 0 Å². The van der Waals surface area contributed by atoms with E-state index in [1.165, 1.54) is 5.56 Å². The molecule has 0 bridgehead atoms. The van der Waals surface area contributed by atoms with Gasteiger partial charge in [0.2, 0.25) is 0 Å². The molecule has 1 saturated heterocycles. The second-order valence-electron chi connectivity index (χ2n) is 4.24. The topological polar surface area (TPSA) is 40.5 Å². The summed E-state index contributed by atoms with van der Waals surface area (Å²) in [5, 5.41) is 8.75. The van der Waals surface area contributed by atoms with Gasteiger partial charge in [-0.15, -0.1) is 0 Å². The summed E-state index contributed by atoms with van der Waals surface area (Å²) in [7, 11) is -0.632. The van der Waals surface area contributed by atoms with E-state index in [-0.39, 0.29) is 6.61 Å². The summed E-state index contributed by atoms with van der Waals surface area (Å²) < 4.78 is 11.3. The van der Waals surface area contributed by atoms with Crippen LogP contribution in [0.2, 0.25) is 0 Å². The molecule has 0 aromatic heterocycles. The van der Waals surface area contributed by atoms with Gasteiger partial charge in [-0.25, -0.2) is 0 Å². The van der Waals surface area contributed by atoms with Crippen LogP contribution in [-0.2, 0) is 17.3 Å². The van der Waals surface area contributed by atoms with E-state index in [0.717, 1.165) is 36.7 Å². The lowest BCUT2D eigenvalue weighted by atomic mass is 10.1. The molecule has 0 aliphatic carbocycles. The van der Waals surface area contributed by atoms with Crippen molar-refractivity contribution >= 4 is 10.8 Å². The zero-order chi connectivity index (χ0) is 12.8. The van der Waals surface area contributed by atoms with Crippen LogP contribution in [0.1, 0.15) is 11.1 Å². The van der Waals surface area contributed by atoms with Gasteiger partial charge in [-0.1, -0.05) is 30.0 Å². The van der Waals surface area contributed by atoms with Gasteiger partial charge in [-0.05, 0) is 11.6 Å². The first-order valence-electron chi connectivity index (χ1n) is 6.04. The van der Waals surface area contributed by atoms with Crippen LogP contribution in [0.4, 0.5) is 0 Å². The molecule has 0 atom stereocenters. The number of hydrogen-bond donors (Lipinski definition) is 1. The fourth-order valence-corrected chi connectivity index (χ4v) is 3.12. The average molecular weight is 263 g/mol. The maximum atomic E-state index is 11.3. The highest BCUT2D eigenvalue weighted by Gasteiger charge is 2.15. The number of hydrogen-bond acceptors (Lipinski definition) is 3. The molecule has 4 heteroatoms. The third-order valence-corrected chi connectivity index (χ3v) is 4.26. The molecular weight excluding hydrogens is 246 g/mol. The maximum Gasteiger partial charge on any atom is 0.104 e. The summed E-state index contributed by atoms with van der Waals surface area (Å²) >= 11 is 0. The predicted octanol–water partition coefficient (Wildman–Crippen LogP) is 0.595. The first-order chi connectivity index (χ1) is 8.79. The number of aliphatic hydroxyl groups is 1. The normalized spacial score (nSPS) is 17.2. The fourth-order valence-electron chi connectivity index (χ4n) is 1.99. The Bertz CT molecular complexity index is 480. The highest BCUT2D eigenvalue weighted by atomic mass is 32.2. The number of aliphatic hydroxyl groups excluding tert-OH is 1. The minimum absolute atomic E-state index is 0.114. The van der Waals surface area contributed by atoms with Gasteiger partial charge in [0, 0.05) is 47.5 Å². The smallest absolute Gasteiger partial charge is 0.104 e. The standard InChI is InChI=1S/C14H17NO2S/c16-9-3-6-13-4-1-2-5-14(13)12-15-7-10-18(17)11-8-15/h1-2,4-5,16H,7-12H2. The second-order valence-corrected chi connectivity index (χ2v) is 5.94. The highest BCUT2D eigenvalue weighted by Crippen LogP contribution is 2.12. The van der Waals surface area contributed by atoms with Crippen molar-refractivity contribution in [3.63, 3.8) is 0 Å². The van der Waals surface area contributed by atoms with E-state index in [9.17, 15) is 4.21 Å². The summed E-state index contributed by atoms with van der Waals surface area (Å²) in [5.41, 5.74) is 2.14. The Hall–Kier alpha value is -1.15. The number of benzene rings is 1. The lowest BCUT2D eigenvalue weighted by Gasteiger charge is -2.26. The van der Waals surface area contributed by atoms with Gasteiger partial charge >= 0.3 is 0 Å². The molecule has 1 heterocycles. The van der Waals surface area contributed by atoms with Gasteiger partial charge in [0.1, 0.15) is 6.61 Å². The minimum atomic E-state index is -0.632. The largest absolute Gasteiger partial charge is 0.384 e. The van der Waals surface area contributed by atoms with Crippen LogP contribution in [0, 0.1) is 11.8 Å². The second kappa shape index (κ2) is 6.69. The van der Waals surface area contributed by atoms with Gasteiger partial charge in [0.15, 0.2) is 0 Å². The van der Waals surface area contributed by atoms with Crippen molar-refractivity contribution in [3.8, 4) is 11.8 Å². The summed E-state index contributed by atoms with van der Waals surface area (Å²) in [4.78, 5) is 2.31. The van der Waals surface area contributed by atoms with Gasteiger partial charge < -0.3 is 5.11 Å². The summed E-state index contributed by atoms with van der Waals surface area (Å²) in [6, 6.07) is 7.99. The number of rotatable bonds is 2. The molecule has 2 rings (SSSR count). The molecule has 0 amide bonds. The molecule has 1 N–H and O–H groups in total. The van der Waals surface area contributed by atoms with E-state index < -0.39 is 10.8 Å². The zero-order valence-electron chi connectivity index (χ0n) is 10.3. The van der Waals surface area contributed by atoms with E-state index >= 15 is 0 Å². The summed E-state index contributed by atoms with van der Waals surface area (Å²) in [6.45, 7) is 2.49. The average Bonchev–Trinajstić information content (AvgIpc) is 2.40. The Labute approximate surface area is 110 Å². The van der Waals surface area contributed by atoms with Crippen molar-refractivity contribution < 1.29 is 9.32 Å². The summed E-state index contributed by atoms with van der Waals surface area (Å²) in [5.74, 6) is 7.20. The predicted molar refractivity (Wildman–Crippen MR) is 73.6 cm³/mol. The van der Waals surface area contributed by atoms with E-state index in [2.05, 4.69) is 22.8 Å². The maximum absolute atomic E-state index is 11.3. The molecule has 0 unspecified atom stereocenters. The van der Waals surface area contributed by atoms with E-state index in [1.807, 2.05) is 18.2 Å². The van der Waals surface area contributed by atoms with Crippen molar-refractivity contribution in [1.29, 1.82) is 0 Å². The molecule has 3 nitrogen and oxygen atoms in total. The molecular formula is C14H17NO2S. The van der Waals surface area contributed by atoms with Crippen molar-refractivity contribution in [2.75, 3.05) is 31.2 Å². The Balaban J connectivity index is 2.06. The monoisotopic (exact) mass is 263 g/mol. The van der Waals surface area contributed by atoms with Crippen molar-refractivity contribution in [2.24, 2.45) is 0 Å². The first kappa shape index (κ1) is 13.3. The highest BCUT2D eigenvalue weighted by molar-refractivity contribution is 7.85. The SMILES string of the molecule is O=S1CCN(Cc2ccccc2C#CCO)CC1. The van der Waals surface area contributed by atoms with Gasteiger partial charge in [0.25, 0.3) is 0 Å². The quantitative estimate of drug-likeness (QED) is 0.794. The lowest BCUT2D eigenvalue weighted by Crippen LogP contribution is -2.37. The van der Waals surface area contributed by atoms with Crippen LogP contribution >= 0.6 is 0 Å². The van der Waals surface area contributed by atoms with Gasteiger partial charge in [0.05, 0.1) is 0 Å². The fraction of sp³-hybridized carbons (Fsp3) is 0.429. The zero-order valence-corrected chi connectivity index (χ0v) is 11.1. The van der Waals surface area contributed by atoms with Crippen LogP contribution in [0.15, 0.2) is 24.3 Å². The van der Waals surface area contributed by atoms with E-state index in [0.29, 0.717) is 0 Å². The van der Waals surface area contributed by atoms with E-state index in [4.69, 9.17) is 5.11 Å². The van der Waals surface area contributed by atoms with Crippen LogP contribution in [0.3, 0.4) is 0 Å². The van der Waals surface area contributed by atoms with Crippen molar-refractivity contribution in [2.45, 2.75) is 6.54 Å². The van der Waals surface area contributed by atoms with Crippen LogP contribution in [-0.4, -0.2) is 45.4 Å². The molecule has 96 valence electrons. The molecule has 18 heavy (non-hydrogen) atoms. The minimum Gasteiger partial charge on any atom is -0.384 e. The Morgan fingerprint density at radius 3 is 2.72 bits per heavy atom. The van der Waals surface area contributed by atoms with Gasteiger partial charge in [-0.3, -0.25) is 9.11 Å². The van der Waals surface area contributed by atoms with Crippen LogP contribution in [0.5, 0.6) is 0 Å². The molecule has 1 fully saturated rings. The molecule has 0 saturated carbocycles. The van der Waals surface area contributed by atoms with Crippen molar-refractivity contribution in [3.05, 3.63) is 35.4 Å². The van der Waals surface area contributed by atoms with Crippen LogP contribution in [0.25, 0.3) is 0 Å². The Kier molecular flexibility index (Phi) is 4.94. The summed E-state index contributed by atoms with van der Waals surface area (Å²) in [6.07, 6.45) is 0. The molecule has 0 spiro atoms. The number of nitrogens with zero attached hydrogens (tertiary/aromatic N) is 1. The molecule has 1 aromatic carbocycles. The Morgan fingerprint density at radius 1 is 1.28 bits per heavy atom. The van der Waals surface area contributed by atoms with Gasteiger partial charge in [-0.2, -0.15) is 0 Å². The lowest BCUT2D eigenvalue weighted by molar-refractivity contribution is 0.291. The third kappa shape index (κ3) is 3.67. The third-order valence-electron chi connectivity index (χ3n) is 2.98. The first-order valence-corrected chi connectivity index (χ1v) is 7.53. The molecule has 1 aliphatic rings. The van der Waals surface area contributed by atoms with E-state index in [1.54, 1.807) is 0 Å². The molecule has 1 aromatic rings.